The Kier molecular flexibility index (Phi) is 4.76. The Morgan fingerprint density at radius 3 is 2.60 bits per heavy atom. The van der Waals surface area contributed by atoms with Crippen molar-refractivity contribution < 1.29 is 28.0 Å². The summed E-state index contributed by atoms with van der Waals surface area (Å²) in [5.41, 5.74) is 0.287. The Morgan fingerprint density at radius 1 is 1.28 bits per heavy atom. The Hall–Kier alpha value is -2.42. The van der Waals surface area contributed by atoms with Crippen LogP contribution in [0.15, 0.2) is 18.2 Å². The molecule has 1 aromatic heterocycles. The Labute approximate surface area is 142 Å². The van der Waals surface area contributed by atoms with Gasteiger partial charge in [-0.3, -0.25) is 4.57 Å². The van der Waals surface area contributed by atoms with Crippen molar-refractivity contribution in [2.45, 2.75) is 13.8 Å². The minimum atomic E-state index is -3.83. The zero-order valence-corrected chi connectivity index (χ0v) is 14.4. The van der Waals surface area contributed by atoms with Crippen LogP contribution >= 0.6 is 7.60 Å². The lowest BCUT2D eigenvalue weighted by atomic mass is 10.1. The number of H-pyrrole nitrogens is 1. The molecule has 0 saturated heterocycles. The Balaban J connectivity index is 2.19. The molecular formula is C14H16N3O7P. The third-order valence-corrected chi connectivity index (χ3v) is 5.47. The van der Waals surface area contributed by atoms with Crippen molar-refractivity contribution in [2.24, 2.45) is 0 Å². The van der Waals surface area contributed by atoms with E-state index in [1.165, 1.54) is 0 Å². The van der Waals surface area contributed by atoms with Gasteiger partial charge in [-0.15, -0.1) is 5.10 Å². The van der Waals surface area contributed by atoms with Crippen LogP contribution in [0.3, 0.4) is 0 Å². The third-order valence-electron chi connectivity index (χ3n) is 3.43. The summed E-state index contributed by atoms with van der Waals surface area (Å²) < 4.78 is 34.2. The van der Waals surface area contributed by atoms with Gasteiger partial charge in [-0.25, -0.2) is 0 Å². The van der Waals surface area contributed by atoms with Crippen LogP contribution in [0, 0.1) is 10.1 Å². The topological polar surface area (TPSA) is 126 Å². The maximum atomic E-state index is 13.1. The molecule has 134 valence electrons. The number of aromatic amines is 1. The van der Waals surface area contributed by atoms with Crippen LogP contribution in [0.1, 0.15) is 13.8 Å². The van der Waals surface area contributed by atoms with Crippen molar-refractivity contribution in [1.82, 2.24) is 10.2 Å². The Morgan fingerprint density at radius 2 is 1.96 bits per heavy atom. The fourth-order valence-corrected chi connectivity index (χ4v) is 4.15. The molecule has 0 saturated carbocycles. The van der Waals surface area contributed by atoms with E-state index < -0.39 is 18.3 Å². The first kappa shape index (κ1) is 17.4. The molecule has 25 heavy (non-hydrogen) atoms. The van der Waals surface area contributed by atoms with E-state index in [0.29, 0.717) is 17.1 Å². The number of hydrogen-bond donors (Lipinski definition) is 1. The molecule has 1 aliphatic heterocycles. The quantitative estimate of drug-likeness (QED) is 0.448. The number of hydrogen-bond acceptors (Lipinski definition) is 8. The summed E-state index contributed by atoms with van der Waals surface area (Å²) in [6.45, 7) is 3.55. The highest BCUT2D eigenvalue weighted by Crippen LogP contribution is 2.50. The van der Waals surface area contributed by atoms with Gasteiger partial charge in [0.05, 0.1) is 13.2 Å². The van der Waals surface area contributed by atoms with E-state index in [2.05, 4.69) is 10.2 Å². The molecule has 0 bridgehead atoms. The van der Waals surface area contributed by atoms with E-state index in [0.717, 1.165) is 0 Å². The molecule has 0 spiro atoms. The van der Waals surface area contributed by atoms with Gasteiger partial charge in [0.25, 0.3) is 0 Å². The largest absolute Gasteiger partial charge is 0.454 e. The number of aromatic nitrogens is 2. The molecule has 0 radical (unpaired) electrons. The lowest BCUT2D eigenvalue weighted by Gasteiger charge is -2.15. The van der Waals surface area contributed by atoms with Crippen LogP contribution in [0.5, 0.6) is 11.5 Å². The standard InChI is InChI=1S/C14H16N3O7P/c1-3-23-25(20,24-4-2)14-12(13(15-16-14)17(18)19)9-5-6-10-11(7-9)22-8-21-10/h5-7H,3-4,8H2,1-2H3,(H,15,16). The molecule has 0 unspecified atom stereocenters. The summed E-state index contributed by atoms with van der Waals surface area (Å²) in [6, 6.07) is 4.77. The Bertz CT molecular complexity index is 841. The second kappa shape index (κ2) is 6.83. The van der Waals surface area contributed by atoms with Crippen molar-refractivity contribution in [3.05, 3.63) is 28.3 Å². The van der Waals surface area contributed by atoms with Gasteiger partial charge in [-0.1, -0.05) is 11.2 Å². The zero-order chi connectivity index (χ0) is 18.0. The summed E-state index contributed by atoms with van der Waals surface area (Å²) >= 11 is 0. The number of rotatable bonds is 7. The number of nitro groups is 1. The summed E-state index contributed by atoms with van der Waals surface area (Å²) in [5.74, 6) is 0.546. The number of ether oxygens (including phenoxy) is 2. The maximum Gasteiger partial charge on any atom is 0.384 e. The smallest absolute Gasteiger partial charge is 0.384 e. The van der Waals surface area contributed by atoms with Crippen LogP contribution < -0.4 is 14.9 Å². The second-order valence-electron chi connectivity index (χ2n) is 4.93. The molecule has 2 aromatic rings. The van der Waals surface area contributed by atoms with Crippen molar-refractivity contribution in [3.8, 4) is 22.6 Å². The third kappa shape index (κ3) is 3.11. The van der Waals surface area contributed by atoms with Crippen LogP contribution in [-0.2, 0) is 13.6 Å². The van der Waals surface area contributed by atoms with Crippen LogP contribution in [0.4, 0.5) is 5.82 Å². The van der Waals surface area contributed by atoms with E-state index in [-0.39, 0.29) is 31.0 Å². The number of benzene rings is 1. The fourth-order valence-electron chi connectivity index (χ4n) is 2.47. The number of nitrogens with one attached hydrogen (secondary N) is 1. The van der Waals surface area contributed by atoms with Gasteiger partial charge in [0.1, 0.15) is 5.56 Å². The fraction of sp³-hybridized carbons (Fsp3) is 0.357. The van der Waals surface area contributed by atoms with Crippen LogP contribution in [0.2, 0.25) is 0 Å². The van der Waals surface area contributed by atoms with E-state index in [1.54, 1.807) is 32.0 Å². The highest BCUT2D eigenvalue weighted by atomic mass is 31.2. The summed E-state index contributed by atoms with van der Waals surface area (Å²) in [5, 5.41) is 17.6. The van der Waals surface area contributed by atoms with E-state index in [1.807, 2.05) is 0 Å². The molecule has 0 amide bonds. The minimum Gasteiger partial charge on any atom is -0.454 e. The van der Waals surface area contributed by atoms with Crippen molar-refractivity contribution in [3.63, 3.8) is 0 Å². The lowest BCUT2D eigenvalue weighted by Crippen LogP contribution is -2.14. The molecule has 3 rings (SSSR count). The van der Waals surface area contributed by atoms with Gasteiger partial charge < -0.3 is 28.6 Å². The van der Waals surface area contributed by atoms with Crippen LogP contribution in [0.25, 0.3) is 11.1 Å². The normalized spacial score (nSPS) is 13.2. The molecule has 10 nitrogen and oxygen atoms in total. The SMILES string of the molecule is CCOP(=O)(OCC)c1n[nH]c([N+](=O)[O-])c1-c1ccc2c(c1)OCO2. The first-order valence-electron chi connectivity index (χ1n) is 7.52. The average Bonchev–Trinajstić information content (AvgIpc) is 3.21. The highest BCUT2D eigenvalue weighted by molar-refractivity contribution is 7.62. The molecule has 1 aliphatic rings. The minimum absolute atomic E-state index is 0.0357. The molecule has 11 heteroatoms. The predicted molar refractivity (Wildman–Crippen MR) is 87.3 cm³/mol. The summed E-state index contributed by atoms with van der Waals surface area (Å²) in [6.07, 6.45) is 0. The van der Waals surface area contributed by atoms with Gasteiger partial charge in [0.15, 0.2) is 11.5 Å². The van der Waals surface area contributed by atoms with Crippen molar-refractivity contribution >= 4 is 18.8 Å². The second-order valence-corrected chi connectivity index (χ2v) is 6.86. The van der Waals surface area contributed by atoms with Gasteiger partial charge >= 0.3 is 13.4 Å². The first-order valence-corrected chi connectivity index (χ1v) is 9.07. The molecule has 0 atom stereocenters. The van der Waals surface area contributed by atoms with Gasteiger partial charge in [-0.05, 0) is 36.5 Å². The molecule has 0 fully saturated rings. The number of fused-ring (bicyclic) bond motifs is 1. The summed E-state index contributed by atoms with van der Waals surface area (Å²) in [7, 11) is -3.83. The monoisotopic (exact) mass is 369 g/mol. The van der Waals surface area contributed by atoms with Gasteiger partial charge in [0, 0.05) is 0 Å². The first-order chi connectivity index (χ1) is 12.0. The van der Waals surface area contributed by atoms with Crippen molar-refractivity contribution in [1.29, 1.82) is 0 Å². The van der Waals surface area contributed by atoms with E-state index >= 15 is 0 Å². The van der Waals surface area contributed by atoms with E-state index in [9.17, 15) is 14.7 Å². The highest BCUT2D eigenvalue weighted by Gasteiger charge is 2.39. The molecular weight excluding hydrogens is 353 g/mol. The van der Waals surface area contributed by atoms with E-state index in [4.69, 9.17) is 18.5 Å². The average molecular weight is 369 g/mol. The zero-order valence-electron chi connectivity index (χ0n) is 13.6. The molecule has 1 N–H and O–H groups in total. The molecule has 0 aliphatic carbocycles. The lowest BCUT2D eigenvalue weighted by molar-refractivity contribution is -0.388. The number of nitrogens with zero attached hydrogens (tertiary/aromatic N) is 2. The summed E-state index contributed by atoms with van der Waals surface area (Å²) in [4.78, 5) is 10.8. The van der Waals surface area contributed by atoms with Crippen molar-refractivity contribution in [2.75, 3.05) is 20.0 Å². The molecule has 1 aromatic carbocycles. The predicted octanol–water partition coefficient (Wildman–Crippen LogP) is 2.61. The van der Waals surface area contributed by atoms with Gasteiger partial charge in [0.2, 0.25) is 12.2 Å². The molecule has 2 heterocycles. The maximum absolute atomic E-state index is 13.1. The van der Waals surface area contributed by atoms with Crippen LogP contribution in [-0.4, -0.2) is 35.1 Å². The van der Waals surface area contributed by atoms with Gasteiger partial charge in [-0.2, -0.15) is 0 Å².